The molecule has 50 valence electrons. The van der Waals surface area contributed by atoms with Gasteiger partial charge in [-0.05, 0) is 29.7 Å². The average Bonchev–Trinajstić information content (AvgIpc) is 2.42. The summed E-state index contributed by atoms with van der Waals surface area (Å²) in [6.45, 7) is 5.58. The molecule has 0 amide bonds. The molecule has 1 heteroatoms. The normalized spacial score (nSPS) is 13.2. The smallest absolute Gasteiger partial charge is 0.131 e. The monoisotopic (exact) mass is 134 g/mol. The van der Waals surface area contributed by atoms with Crippen LogP contribution in [0, 0.1) is 12.7 Å². The van der Waals surface area contributed by atoms with Gasteiger partial charge in [-0.25, -0.2) is 4.39 Å². The summed E-state index contributed by atoms with van der Waals surface area (Å²) in [4.78, 5) is 0. The maximum absolute atomic E-state index is 12.8. The fraction of sp³-hybridized carbons (Fsp3) is 0.111. The van der Waals surface area contributed by atoms with E-state index < -0.39 is 0 Å². The van der Waals surface area contributed by atoms with Crippen molar-refractivity contribution in [2.75, 3.05) is 0 Å². The van der Waals surface area contributed by atoms with Crippen LogP contribution >= 0.6 is 0 Å². The van der Waals surface area contributed by atoms with Crippen molar-refractivity contribution in [2.45, 2.75) is 6.92 Å². The third kappa shape index (κ3) is 0.548. The molecule has 1 aliphatic rings. The van der Waals surface area contributed by atoms with E-state index in [4.69, 9.17) is 0 Å². The van der Waals surface area contributed by atoms with Gasteiger partial charge in [-0.3, -0.25) is 0 Å². The Hall–Kier alpha value is -1.11. The Labute approximate surface area is 59.0 Å². The molecule has 0 radical (unpaired) electrons. The molecule has 0 saturated heterocycles. The molecular weight excluding hydrogens is 127 g/mol. The van der Waals surface area contributed by atoms with Gasteiger partial charge in [0.15, 0.2) is 0 Å². The lowest BCUT2D eigenvalue weighted by atomic mass is 10.2. The molecule has 0 aliphatic heterocycles. The molecule has 0 spiro atoms. The summed E-state index contributed by atoms with van der Waals surface area (Å²) in [6.07, 6.45) is 0. The zero-order chi connectivity index (χ0) is 7.30. The van der Waals surface area contributed by atoms with Crippen molar-refractivity contribution < 1.29 is 4.39 Å². The topological polar surface area (TPSA) is 0 Å². The molecule has 0 N–H and O–H groups in total. The zero-order valence-corrected chi connectivity index (χ0v) is 5.74. The Bertz CT molecular complexity index is 324. The van der Waals surface area contributed by atoms with E-state index in [1.165, 1.54) is 6.07 Å². The highest BCUT2D eigenvalue weighted by Crippen LogP contribution is 2.42. The third-order valence-electron chi connectivity index (χ3n) is 1.80. The molecule has 2 rings (SSSR count). The number of aryl methyl sites for hydroxylation is 1. The van der Waals surface area contributed by atoms with Gasteiger partial charge in [-0.15, -0.1) is 0 Å². The van der Waals surface area contributed by atoms with Crippen LogP contribution in [-0.2, 0) is 0 Å². The molecule has 0 atom stereocenters. The lowest BCUT2D eigenvalue weighted by molar-refractivity contribution is 0.627. The summed E-state index contributed by atoms with van der Waals surface area (Å²) in [5.74, 6) is -0.125. The van der Waals surface area contributed by atoms with Crippen LogP contribution < -0.4 is 0 Å². The Kier molecular flexibility index (Phi) is 0.839. The fourth-order valence-corrected chi connectivity index (χ4v) is 1.22. The van der Waals surface area contributed by atoms with E-state index in [9.17, 15) is 4.39 Å². The quantitative estimate of drug-likeness (QED) is 0.519. The number of benzene rings is 1. The van der Waals surface area contributed by atoms with Gasteiger partial charge < -0.3 is 0 Å². The van der Waals surface area contributed by atoms with Gasteiger partial charge >= 0.3 is 0 Å². The van der Waals surface area contributed by atoms with Crippen LogP contribution in [0.2, 0.25) is 0 Å². The van der Waals surface area contributed by atoms with Crippen molar-refractivity contribution in [1.29, 1.82) is 0 Å². The fourth-order valence-electron chi connectivity index (χ4n) is 1.22. The highest BCUT2D eigenvalue weighted by molar-refractivity contribution is 5.99. The van der Waals surface area contributed by atoms with Crippen LogP contribution in [0.15, 0.2) is 18.7 Å². The molecule has 0 bridgehead atoms. The summed E-state index contributed by atoms with van der Waals surface area (Å²) < 4.78 is 12.8. The SMILES string of the molecule is C=C1c2cc(C)cc(F)c21. The highest BCUT2D eigenvalue weighted by atomic mass is 19.1. The average molecular weight is 134 g/mol. The summed E-state index contributed by atoms with van der Waals surface area (Å²) >= 11 is 0. The largest absolute Gasteiger partial charge is 0.206 e. The third-order valence-corrected chi connectivity index (χ3v) is 1.80. The number of rotatable bonds is 0. The Balaban J connectivity index is 2.71. The van der Waals surface area contributed by atoms with Crippen LogP contribution in [0.25, 0.3) is 5.57 Å². The first kappa shape index (κ1) is 5.66. The van der Waals surface area contributed by atoms with E-state index in [1.807, 2.05) is 13.0 Å². The van der Waals surface area contributed by atoms with Gasteiger partial charge in [0.2, 0.25) is 0 Å². The zero-order valence-electron chi connectivity index (χ0n) is 5.74. The van der Waals surface area contributed by atoms with Crippen molar-refractivity contribution in [2.24, 2.45) is 0 Å². The second-order valence-corrected chi connectivity index (χ2v) is 2.65. The molecule has 1 aromatic rings. The standard InChI is InChI=1S/C9H7F/c1-5-3-7-6(2)9(7)8(10)4-5/h3-4H,2H2,1H3. The van der Waals surface area contributed by atoms with Crippen LogP contribution in [0.3, 0.4) is 0 Å². The van der Waals surface area contributed by atoms with E-state index in [0.717, 1.165) is 22.3 Å². The van der Waals surface area contributed by atoms with E-state index in [1.54, 1.807) is 0 Å². The maximum atomic E-state index is 12.8. The van der Waals surface area contributed by atoms with E-state index >= 15 is 0 Å². The van der Waals surface area contributed by atoms with Crippen molar-refractivity contribution in [3.8, 4) is 0 Å². The van der Waals surface area contributed by atoms with Crippen LogP contribution in [-0.4, -0.2) is 0 Å². The van der Waals surface area contributed by atoms with Crippen molar-refractivity contribution in [1.82, 2.24) is 0 Å². The van der Waals surface area contributed by atoms with Gasteiger partial charge in [-0.2, -0.15) is 0 Å². The summed E-state index contributed by atoms with van der Waals surface area (Å²) in [7, 11) is 0. The molecule has 0 fully saturated rings. The number of halogens is 1. The van der Waals surface area contributed by atoms with Gasteiger partial charge in [0.1, 0.15) is 5.82 Å². The minimum atomic E-state index is -0.125. The Morgan fingerprint density at radius 1 is 1.40 bits per heavy atom. The van der Waals surface area contributed by atoms with E-state index in [0.29, 0.717) is 0 Å². The number of hydrogen-bond donors (Lipinski definition) is 0. The van der Waals surface area contributed by atoms with Crippen molar-refractivity contribution >= 4 is 5.57 Å². The van der Waals surface area contributed by atoms with Gasteiger partial charge in [0.05, 0.1) is 0 Å². The summed E-state index contributed by atoms with van der Waals surface area (Å²) in [6, 6.07) is 3.50. The number of hydrogen-bond acceptors (Lipinski definition) is 0. The Morgan fingerprint density at radius 2 is 2.10 bits per heavy atom. The maximum Gasteiger partial charge on any atom is 0.131 e. The van der Waals surface area contributed by atoms with Crippen molar-refractivity contribution in [3.63, 3.8) is 0 Å². The molecule has 0 saturated carbocycles. The van der Waals surface area contributed by atoms with Gasteiger partial charge in [0, 0.05) is 5.56 Å². The van der Waals surface area contributed by atoms with Gasteiger partial charge in [0.25, 0.3) is 0 Å². The predicted octanol–water partition coefficient (Wildman–Crippen LogP) is 2.51. The van der Waals surface area contributed by atoms with Crippen LogP contribution in [0.4, 0.5) is 4.39 Å². The van der Waals surface area contributed by atoms with E-state index in [-0.39, 0.29) is 5.82 Å². The molecule has 1 aliphatic carbocycles. The predicted molar refractivity (Wildman–Crippen MR) is 39.3 cm³/mol. The van der Waals surface area contributed by atoms with Gasteiger partial charge in [-0.1, -0.05) is 12.6 Å². The summed E-state index contributed by atoms with van der Waals surface area (Å²) in [5, 5.41) is 0. The van der Waals surface area contributed by atoms with Crippen LogP contribution in [0.1, 0.15) is 16.7 Å². The minimum absolute atomic E-state index is 0.125. The lowest BCUT2D eigenvalue weighted by Crippen LogP contribution is -1.73. The second kappa shape index (κ2) is 1.48. The second-order valence-electron chi connectivity index (χ2n) is 2.65. The first-order valence-corrected chi connectivity index (χ1v) is 3.20. The molecule has 10 heavy (non-hydrogen) atoms. The lowest BCUT2D eigenvalue weighted by Gasteiger charge is -1.86. The highest BCUT2D eigenvalue weighted by Gasteiger charge is 2.26. The molecular formula is C9H7F. The molecule has 0 unspecified atom stereocenters. The molecule has 0 nitrogen and oxygen atoms in total. The molecule has 0 aromatic heterocycles. The first-order chi connectivity index (χ1) is 4.70. The summed E-state index contributed by atoms with van der Waals surface area (Å²) in [5.41, 5.74) is 3.56. The van der Waals surface area contributed by atoms with E-state index in [2.05, 4.69) is 6.58 Å². The van der Waals surface area contributed by atoms with Crippen molar-refractivity contribution in [3.05, 3.63) is 41.2 Å². The minimum Gasteiger partial charge on any atom is -0.206 e. The van der Waals surface area contributed by atoms with Crippen LogP contribution in [0.5, 0.6) is 0 Å². The molecule has 1 aromatic carbocycles. The number of fused-ring (bicyclic) bond motifs is 1. The first-order valence-electron chi connectivity index (χ1n) is 3.20. The molecule has 0 heterocycles. The Morgan fingerprint density at radius 3 is 2.70 bits per heavy atom.